The molecule has 0 spiro atoms. The fourth-order valence-electron chi connectivity index (χ4n) is 0.883. The van der Waals surface area contributed by atoms with Gasteiger partial charge in [-0.05, 0) is 18.9 Å². The van der Waals surface area contributed by atoms with Gasteiger partial charge in [-0.2, -0.15) is 0 Å². The maximum atomic E-state index is 10.5. The van der Waals surface area contributed by atoms with E-state index in [2.05, 4.69) is 18.5 Å². The van der Waals surface area contributed by atoms with Gasteiger partial charge in [-0.3, -0.25) is 4.79 Å². The normalized spacial score (nSPS) is 10.8. The lowest BCUT2D eigenvalue weighted by molar-refractivity contribution is -0.118. The average molecular weight is 179 g/mol. The van der Waals surface area contributed by atoms with Crippen molar-refractivity contribution in [3.8, 4) is 0 Å². The van der Waals surface area contributed by atoms with E-state index in [1.807, 2.05) is 13.0 Å². The molecule has 0 fully saturated rings. The zero-order valence-corrected chi connectivity index (χ0v) is 8.39. The highest BCUT2D eigenvalue weighted by atomic mass is 16.1. The summed E-state index contributed by atoms with van der Waals surface area (Å²) < 4.78 is 0. The summed E-state index contributed by atoms with van der Waals surface area (Å²) in [6.45, 7) is 11.6. The molecule has 72 valence electrons. The van der Waals surface area contributed by atoms with E-state index in [9.17, 15) is 4.79 Å². The maximum absolute atomic E-state index is 10.5. The lowest BCUT2D eigenvalue weighted by atomic mass is 10.1. The molecule has 0 saturated heterocycles. The zero-order valence-electron chi connectivity index (χ0n) is 8.39. The van der Waals surface area contributed by atoms with Gasteiger partial charge in [0, 0.05) is 13.5 Å². The molecule has 0 aliphatic heterocycles. The van der Waals surface area contributed by atoms with E-state index in [-0.39, 0.29) is 5.91 Å². The van der Waals surface area contributed by atoms with Gasteiger partial charge in [-0.25, -0.2) is 0 Å². The second-order valence-electron chi connectivity index (χ2n) is 3.00. The molecule has 0 atom stereocenters. The Morgan fingerprint density at radius 1 is 1.46 bits per heavy atom. The predicted molar refractivity (Wildman–Crippen MR) is 56.4 cm³/mol. The van der Waals surface area contributed by atoms with Crippen molar-refractivity contribution in [1.82, 2.24) is 5.32 Å². The van der Waals surface area contributed by atoms with Crippen LogP contribution < -0.4 is 5.32 Å². The molecule has 0 aromatic rings. The highest BCUT2D eigenvalue weighted by Gasteiger charge is 1.92. The molecule has 0 bridgehead atoms. The summed E-state index contributed by atoms with van der Waals surface area (Å²) in [4.78, 5) is 10.5. The van der Waals surface area contributed by atoms with Crippen LogP contribution in [0.25, 0.3) is 0 Å². The smallest absolute Gasteiger partial charge is 0.216 e. The number of hydrogen-bond acceptors (Lipinski definition) is 1. The summed E-state index contributed by atoms with van der Waals surface area (Å²) in [5.41, 5.74) is 2.10. The van der Waals surface area contributed by atoms with Crippen LogP contribution >= 0.6 is 0 Å². The lowest BCUT2D eigenvalue weighted by Gasteiger charge is -2.02. The van der Waals surface area contributed by atoms with Crippen LogP contribution in [0, 0.1) is 0 Å². The van der Waals surface area contributed by atoms with Crippen molar-refractivity contribution < 1.29 is 4.79 Å². The third-order valence-corrected chi connectivity index (χ3v) is 1.59. The van der Waals surface area contributed by atoms with Crippen molar-refractivity contribution in [3.05, 3.63) is 36.5 Å². The van der Waals surface area contributed by atoms with Gasteiger partial charge in [-0.15, -0.1) is 0 Å². The molecule has 1 N–H and O–H groups in total. The molecule has 0 heterocycles. The molecule has 1 amide bonds. The number of hydrogen-bond donors (Lipinski definition) is 1. The van der Waals surface area contributed by atoms with Gasteiger partial charge in [0.15, 0.2) is 0 Å². The van der Waals surface area contributed by atoms with Crippen LogP contribution in [0.3, 0.4) is 0 Å². The Balaban J connectivity index is 3.79. The van der Waals surface area contributed by atoms with E-state index in [0.29, 0.717) is 6.54 Å². The fraction of sp³-hybridized carbons (Fsp3) is 0.364. The minimum absolute atomic E-state index is 0.00958. The van der Waals surface area contributed by atoms with Crippen LogP contribution in [-0.2, 0) is 4.79 Å². The van der Waals surface area contributed by atoms with E-state index in [1.54, 1.807) is 6.08 Å². The largest absolute Gasteiger partial charge is 0.356 e. The minimum atomic E-state index is 0.00958. The first kappa shape index (κ1) is 11.7. The van der Waals surface area contributed by atoms with Gasteiger partial charge in [0.05, 0.1) is 0 Å². The first-order valence-electron chi connectivity index (χ1n) is 4.29. The Morgan fingerprint density at radius 3 is 2.54 bits per heavy atom. The standard InChI is InChI=1S/C11H17NO/c1-5-9(2)8-10(3)6-7-12-11(4)13/h5,8H,1-2,6-7H2,3-4H3,(H,12,13)/b10-8+. The SMILES string of the molecule is C=CC(=C)/C=C(\C)CCNC(C)=O. The molecule has 0 radical (unpaired) electrons. The Hall–Kier alpha value is -1.31. The van der Waals surface area contributed by atoms with E-state index in [1.165, 1.54) is 12.5 Å². The van der Waals surface area contributed by atoms with Crippen LogP contribution in [0.15, 0.2) is 36.5 Å². The first-order valence-corrected chi connectivity index (χ1v) is 4.29. The third kappa shape index (κ3) is 7.06. The topological polar surface area (TPSA) is 29.1 Å². The van der Waals surface area contributed by atoms with Gasteiger partial charge in [0.25, 0.3) is 0 Å². The highest BCUT2D eigenvalue weighted by Crippen LogP contribution is 2.03. The lowest BCUT2D eigenvalue weighted by Crippen LogP contribution is -2.20. The van der Waals surface area contributed by atoms with E-state index >= 15 is 0 Å². The highest BCUT2D eigenvalue weighted by molar-refractivity contribution is 5.72. The van der Waals surface area contributed by atoms with Crippen LogP contribution in [-0.4, -0.2) is 12.5 Å². The quantitative estimate of drug-likeness (QED) is 0.644. The zero-order chi connectivity index (χ0) is 10.3. The Morgan fingerprint density at radius 2 is 2.08 bits per heavy atom. The molecular weight excluding hydrogens is 162 g/mol. The molecule has 0 aromatic carbocycles. The predicted octanol–water partition coefficient (Wildman–Crippen LogP) is 2.20. The number of carbonyl (C=O) groups excluding carboxylic acids is 1. The number of carbonyl (C=O) groups is 1. The Kier molecular flexibility index (Phi) is 5.60. The van der Waals surface area contributed by atoms with E-state index < -0.39 is 0 Å². The van der Waals surface area contributed by atoms with Crippen molar-refractivity contribution in [3.63, 3.8) is 0 Å². The molecule has 13 heavy (non-hydrogen) atoms. The molecule has 0 aliphatic carbocycles. The minimum Gasteiger partial charge on any atom is -0.356 e. The van der Waals surface area contributed by atoms with Crippen molar-refractivity contribution in [1.29, 1.82) is 0 Å². The summed E-state index contributed by atoms with van der Waals surface area (Å²) >= 11 is 0. The van der Waals surface area contributed by atoms with Crippen LogP contribution in [0.1, 0.15) is 20.3 Å². The van der Waals surface area contributed by atoms with Gasteiger partial charge >= 0.3 is 0 Å². The molecule has 0 rings (SSSR count). The van der Waals surface area contributed by atoms with Gasteiger partial charge < -0.3 is 5.32 Å². The summed E-state index contributed by atoms with van der Waals surface area (Å²) in [6.07, 6.45) is 4.53. The molecule has 2 heteroatoms. The number of allylic oxidation sites excluding steroid dienone is 3. The summed E-state index contributed by atoms with van der Waals surface area (Å²) in [5.74, 6) is 0.00958. The Bertz CT molecular complexity index is 238. The van der Waals surface area contributed by atoms with E-state index in [0.717, 1.165) is 12.0 Å². The van der Waals surface area contributed by atoms with Crippen LogP contribution in [0.5, 0.6) is 0 Å². The van der Waals surface area contributed by atoms with Crippen molar-refractivity contribution in [2.45, 2.75) is 20.3 Å². The molecular formula is C11H17NO. The molecule has 0 saturated carbocycles. The van der Waals surface area contributed by atoms with Crippen LogP contribution in [0.4, 0.5) is 0 Å². The van der Waals surface area contributed by atoms with Gasteiger partial charge in [0.2, 0.25) is 5.91 Å². The number of amides is 1. The fourth-order valence-corrected chi connectivity index (χ4v) is 0.883. The number of nitrogens with one attached hydrogen (secondary N) is 1. The van der Waals surface area contributed by atoms with E-state index in [4.69, 9.17) is 0 Å². The molecule has 2 nitrogen and oxygen atoms in total. The summed E-state index contributed by atoms with van der Waals surface area (Å²) in [6, 6.07) is 0. The monoisotopic (exact) mass is 179 g/mol. The first-order chi connectivity index (χ1) is 6.06. The average Bonchev–Trinajstić information content (AvgIpc) is 2.03. The Labute approximate surface area is 80.0 Å². The third-order valence-electron chi connectivity index (χ3n) is 1.59. The molecule has 0 unspecified atom stereocenters. The van der Waals surface area contributed by atoms with Gasteiger partial charge in [0.1, 0.15) is 0 Å². The molecule has 0 aliphatic rings. The summed E-state index contributed by atoms with van der Waals surface area (Å²) in [7, 11) is 0. The number of rotatable bonds is 5. The van der Waals surface area contributed by atoms with Crippen molar-refractivity contribution >= 4 is 5.91 Å². The maximum Gasteiger partial charge on any atom is 0.216 e. The van der Waals surface area contributed by atoms with Crippen molar-refractivity contribution in [2.24, 2.45) is 0 Å². The van der Waals surface area contributed by atoms with Crippen molar-refractivity contribution in [2.75, 3.05) is 6.54 Å². The van der Waals surface area contributed by atoms with Crippen LogP contribution in [0.2, 0.25) is 0 Å². The molecule has 0 aromatic heterocycles. The van der Waals surface area contributed by atoms with Gasteiger partial charge in [-0.1, -0.05) is 30.9 Å². The summed E-state index contributed by atoms with van der Waals surface area (Å²) in [5, 5.41) is 2.73. The second kappa shape index (κ2) is 6.23. The second-order valence-corrected chi connectivity index (χ2v) is 3.00.